The Labute approximate surface area is 126 Å². The van der Waals surface area contributed by atoms with E-state index in [1.165, 1.54) is 6.92 Å². The number of hydrogen-bond acceptors (Lipinski definition) is 4. The minimum Gasteiger partial charge on any atom is -0.493 e. The Bertz CT molecular complexity index is 464. The molecule has 1 aromatic carbocycles. The van der Waals surface area contributed by atoms with Crippen LogP contribution in [0.5, 0.6) is 5.75 Å². The summed E-state index contributed by atoms with van der Waals surface area (Å²) in [5, 5.41) is 2.59. The van der Waals surface area contributed by atoms with Gasteiger partial charge in [0.1, 0.15) is 5.75 Å². The molecule has 0 bridgehead atoms. The smallest absolute Gasteiger partial charge is 0.310 e. The zero-order valence-electron chi connectivity index (χ0n) is 11.5. The van der Waals surface area contributed by atoms with Gasteiger partial charge >= 0.3 is 5.97 Å². The molecule has 1 N–H and O–H groups in total. The first-order valence-corrected chi connectivity index (χ1v) is 7.17. The zero-order chi connectivity index (χ0) is 15.0. The molecule has 0 unspecified atom stereocenters. The van der Waals surface area contributed by atoms with E-state index in [1.807, 2.05) is 18.2 Å². The van der Waals surface area contributed by atoms with Gasteiger partial charge in [-0.25, -0.2) is 0 Å². The van der Waals surface area contributed by atoms with Crippen molar-refractivity contribution in [3.8, 4) is 5.75 Å². The molecule has 5 nitrogen and oxygen atoms in total. The summed E-state index contributed by atoms with van der Waals surface area (Å²) in [6, 6.07) is 7.33. The summed E-state index contributed by atoms with van der Waals surface area (Å²) < 4.78 is 11.3. The molecular weight excluding hydrogens is 326 g/mol. The van der Waals surface area contributed by atoms with E-state index in [2.05, 4.69) is 21.2 Å². The van der Waals surface area contributed by atoms with Crippen LogP contribution >= 0.6 is 15.9 Å². The predicted octanol–water partition coefficient (Wildman–Crippen LogP) is 2.29. The number of nitrogens with one attached hydrogen (secondary N) is 1. The highest BCUT2D eigenvalue weighted by molar-refractivity contribution is 9.10. The molecule has 6 heteroatoms. The summed E-state index contributed by atoms with van der Waals surface area (Å²) in [5.41, 5.74) is 0. The molecule has 0 spiro atoms. The van der Waals surface area contributed by atoms with Gasteiger partial charge in [-0.15, -0.1) is 0 Å². The van der Waals surface area contributed by atoms with Crippen LogP contribution in [0.2, 0.25) is 0 Å². The molecular formula is C14H18BrNO4. The third kappa shape index (κ3) is 6.06. The summed E-state index contributed by atoms with van der Waals surface area (Å²) in [6.45, 7) is 4.06. The van der Waals surface area contributed by atoms with E-state index in [1.54, 1.807) is 13.0 Å². The molecule has 20 heavy (non-hydrogen) atoms. The number of carbonyl (C=O) groups is 2. The fraction of sp³-hybridized carbons (Fsp3) is 0.429. The van der Waals surface area contributed by atoms with Gasteiger partial charge < -0.3 is 14.8 Å². The summed E-state index contributed by atoms with van der Waals surface area (Å²) >= 11 is 3.33. The van der Waals surface area contributed by atoms with E-state index < -0.39 is 12.1 Å². The number of rotatable bonds is 7. The quantitative estimate of drug-likeness (QED) is 0.771. The van der Waals surface area contributed by atoms with Crippen LogP contribution < -0.4 is 10.1 Å². The molecule has 0 aliphatic carbocycles. The second-order valence-corrected chi connectivity index (χ2v) is 5.00. The maximum absolute atomic E-state index is 11.5. The van der Waals surface area contributed by atoms with Crippen molar-refractivity contribution in [3.05, 3.63) is 28.7 Å². The fourth-order valence-corrected chi connectivity index (χ4v) is 1.81. The lowest BCUT2D eigenvalue weighted by atomic mass is 10.3. The molecule has 1 amide bonds. The van der Waals surface area contributed by atoms with Crippen molar-refractivity contribution in [1.29, 1.82) is 0 Å². The third-order valence-electron chi connectivity index (χ3n) is 2.40. The molecule has 0 aliphatic heterocycles. The first-order chi connectivity index (χ1) is 9.52. The SMILES string of the molecule is CCNC(=O)[C@H](C)OC(=O)CCOc1cccc(Br)c1. The van der Waals surface area contributed by atoms with Crippen molar-refractivity contribution in [2.24, 2.45) is 0 Å². The first kappa shape index (κ1) is 16.5. The number of esters is 1. The highest BCUT2D eigenvalue weighted by atomic mass is 79.9. The highest BCUT2D eigenvalue weighted by Gasteiger charge is 2.16. The maximum Gasteiger partial charge on any atom is 0.310 e. The largest absolute Gasteiger partial charge is 0.493 e. The van der Waals surface area contributed by atoms with Crippen LogP contribution in [0.3, 0.4) is 0 Å². The Hall–Kier alpha value is -1.56. The van der Waals surface area contributed by atoms with Gasteiger partial charge in [0, 0.05) is 11.0 Å². The highest BCUT2D eigenvalue weighted by Crippen LogP contribution is 2.17. The van der Waals surface area contributed by atoms with Crippen molar-refractivity contribution in [1.82, 2.24) is 5.32 Å². The Morgan fingerprint density at radius 1 is 1.40 bits per heavy atom. The molecule has 0 saturated heterocycles. The number of ether oxygens (including phenoxy) is 2. The lowest BCUT2D eigenvalue weighted by Gasteiger charge is -2.12. The molecule has 0 aliphatic rings. The van der Waals surface area contributed by atoms with Gasteiger partial charge in [-0.3, -0.25) is 9.59 Å². The minimum absolute atomic E-state index is 0.0935. The van der Waals surface area contributed by atoms with Gasteiger partial charge in [-0.1, -0.05) is 22.0 Å². The number of hydrogen-bond donors (Lipinski definition) is 1. The predicted molar refractivity (Wildman–Crippen MR) is 78.5 cm³/mol. The first-order valence-electron chi connectivity index (χ1n) is 6.38. The van der Waals surface area contributed by atoms with E-state index >= 15 is 0 Å². The normalized spacial score (nSPS) is 11.6. The van der Waals surface area contributed by atoms with E-state index in [4.69, 9.17) is 9.47 Å². The average molecular weight is 344 g/mol. The number of amides is 1. The monoisotopic (exact) mass is 343 g/mol. The summed E-state index contributed by atoms with van der Waals surface area (Å²) in [4.78, 5) is 22.9. The summed E-state index contributed by atoms with van der Waals surface area (Å²) in [7, 11) is 0. The van der Waals surface area contributed by atoms with Gasteiger partial charge in [0.25, 0.3) is 5.91 Å². The van der Waals surface area contributed by atoms with E-state index in [9.17, 15) is 9.59 Å². The number of benzene rings is 1. The van der Waals surface area contributed by atoms with Crippen molar-refractivity contribution < 1.29 is 19.1 Å². The lowest BCUT2D eigenvalue weighted by molar-refractivity contribution is -0.155. The van der Waals surface area contributed by atoms with Crippen molar-refractivity contribution >= 4 is 27.8 Å². The Balaban J connectivity index is 2.28. The van der Waals surface area contributed by atoms with Crippen LogP contribution in [0.15, 0.2) is 28.7 Å². The second-order valence-electron chi connectivity index (χ2n) is 4.08. The number of likely N-dealkylation sites (N-methyl/N-ethyl adjacent to an activating group) is 1. The molecule has 0 heterocycles. The zero-order valence-corrected chi connectivity index (χ0v) is 13.1. The summed E-state index contributed by atoms with van der Waals surface area (Å²) in [5.74, 6) is -0.0866. The Morgan fingerprint density at radius 3 is 2.80 bits per heavy atom. The third-order valence-corrected chi connectivity index (χ3v) is 2.89. The number of halogens is 1. The van der Waals surface area contributed by atoms with Gasteiger partial charge in [-0.2, -0.15) is 0 Å². The van der Waals surface area contributed by atoms with E-state index in [0.29, 0.717) is 12.3 Å². The molecule has 0 saturated carbocycles. The van der Waals surface area contributed by atoms with Crippen LogP contribution in [0, 0.1) is 0 Å². The van der Waals surface area contributed by atoms with Crippen molar-refractivity contribution in [2.75, 3.05) is 13.2 Å². The second kappa shape index (κ2) is 8.58. The molecule has 1 aromatic rings. The molecule has 1 rings (SSSR count). The maximum atomic E-state index is 11.5. The van der Waals surface area contributed by atoms with Crippen LogP contribution in [-0.2, 0) is 14.3 Å². The summed E-state index contributed by atoms with van der Waals surface area (Å²) in [6.07, 6.45) is -0.690. The standard InChI is InChI=1S/C14H18BrNO4/c1-3-16-14(18)10(2)20-13(17)7-8-19-12-6-4-5-11(15)9-12/h4-6,9-10H,3,7-8H2,1-2H3,(H,16,18)/t10-/m0/s1. The van der Waals surface area contributed by atoms with Gasteiger partial charge in [0.2, 0.25) is 0 Å². The Kier molecular flexibility index (Phi) is 7.08. The number of carbonyl (C=O) groups excluding carboxylic acids is 2. The van der Waals surface area contributed by atoms with Gasteiger partial charge in [0.15, 0.2) is 6.10 Å². The van der Waals surface area contributed by atoms with Crippen LogP contribution in [-0.4, -0.2) is 31.1 Å². The van der Waals surface area contributed by atoms with Gasteiger partial charge in [0.05, 0.1) is 13.0 Å². The van der Waals surface area contributed by atoms with Crippen LogP contribution in [0.4, 0.5) is 0 Å². The molecule has 0 radical (unpaired) electrons. The van der Waals surface area contributed by atoms with Crippen LogP contribution in [0.25, 0.3) is 0 Å². The van der Waals surface area contributed by atoms with E-state index in [-0.39, 0.29) is 18.9 Å². The molecule has 0 fully saturated rings. The van der Waals surface area contributed by atoms with Crippen LogP contribution in [0.1, 0.15) is 20.3 Å². The average Bonchev–Trinajstić information content (AvgIpc) is 2.39. The lowest BCUT2D eigenvalue weighted by Crippen LogP contribution is -2.35. The molecule has 1 atom stereocenters. The molecule has 0 aromatic heterocycles. The Morgan fingerprint density at radius 2 is 2.15 bits per heavy atom. The topological polar surface area (TPSA) is 64.6 Å². The van der Waals surface area contributed by atoms with Gasteiger partial charge in [-0.05, 0) is 32.0 Å². The fourth-order valence-electron chi connectivity index (χ4n) is 1.44. The molecule has 110 valence electrons. The minimum atomic E-state index is -0.784. The van der Waals surface area contributed by atoms with Crippen molar-refractivity contribution in [3.63, 3.8) is 0 Å². The van der Waals surface area contributed by atoms with E-state index in [0.717, 1.165) is 4.47 Å². The van der Waals surface area contributed by atoms with Crippen molar-refractivity contribution in [2.45, 2.75) is 26.4 Å².